The Morgan fingerprint density at radius 1 is 1.10 bits per heavy atom. The zero-order valence-corrected chi connectivity index (χ0v) is 17.8. The lowest BCUT2D eigenvalue weighted by atomic mass is 9.97. The minimum absolute atomic E-state index is 0.0177. The highest BCUT2D eigenvalue weighted by atomic mass is 16.2. The summed E-state index contributed by atoms with van der Waals surface area (Å²) < 4.78 is 0. The van der Waals surface area contributed by atoms with Crippen molar-refractivity contribution >= 4 is 17.8 Å². The molecular formula is C22H31N5O3. The number of benzene rings is 1. The summed E-state index contributed by atoms with van der Waals surface area (Å²) in [6.07, 6.45) is 1.73. The fraction of sp³-hybridized carbons (Fsp3) is 0.591. The monoisotopic (exact) mass is 413 g/mol. The molecule has 3 heterocycles. The van der Waals surface area contributed by atoms with E-state index in [0.29, 0.717) is 25.6 Å². The SMILES string of the molecule is Cc1cccc(C)c1CNC(=O)N1CC(=O)N2CC(=O)N(CC3CCNCC3)CC21. The lowest BCUT2D eigenvalue weighted by Crippen LogP contribution is -2.60. The molecule has 0 radical (unpaired) electrons. The van der Waals surface area contributed by atoms with Gasteiger partial charge in [0.1, 0.15) is 19.3 Å². The van der Waals surface area contributed by atoms with Gasteiger partial charge in [-0.2, -0.15) is 0 Å². The number of nitrogens with zero attached hydrogens (tertiary/aromatic N) is 3. The molecule has 1 unspecified atom stereocenters. The molecule has 3 aliphatic rings. The Bertz CT molecular complexity index is 816. The molecule has 0 spiro atoms. The predicted octanol–water partition coefficient (Wildman–Crippen LogP) is 0.825. The van der Waals surface area contributed by atoms with E-state index in [9.17, 15) is 14.4 Å². The van der Waals surface area contributed by atoms with E-state index in [0.717, 1.165) is 42.6 Å². The van der Waals surface area contributed by atoms with E-state index in [2.05, 4.69) is 10.6 Å². The van der Waals surface area contributed by atoms with Crippen LogP contribution in [0.15, 0.2) is 18.2 Å². The number of hydrogen-bond donors (Lipinski definition) is 2. The van der Waals surface area contributed by atoms with Gasteiger partial charge in [-0.25, -0.2) is 4.79 Å². The predicted molar refractivity (Wildman–Crippen MR) is 113 cm³/mol. The Balaban J connectivity index is 1.41. The second-order valence-corrected chi connectivity index (χ2v) is 8.65. The number of carbonyl (C=O) groups is 3. The summed E-state index contributed by atoms with van der Waals surface area (Å²) in [6.45, 7) is 7.63. The van der Waals surface area contributed by atoms with Gasteiger partial charge in [-0.1, -0.05) is 18.2 Å². The normalized spacial score (nSPS) is 22.5. The van der Waals surface area contributed by atoms with Crippen LogP contribution in [-0.2, 0) is 16.1 Å². The zero-order valence-electron chi connectivity index (χ0n) is 17.8. The van der Waals surface area contributed by atoms with Gasteiger partial charge in [0.05, 0.1) is 6.54 Å². The van der Waals surface area contributed by atoms with E-state index < -0.39 is 0 Å². The minimum atomic E-state index is -0.380. The molecule has 4 rings (SSSR count). The summed E-state index contributed by atoms with van der Waals surface area (Å²) in [5.74, 6) is 0.304. The van der Waals surface area contributed by atoms with Crippen molar-refractivity contribution in [2.75, 3.05) is 39.3 Å². The van der Waals surface area contributed by atoms with Crippen molar-refractivity contribution in [1.82, 2.24) is 25.3 Å². The van der Waals surface area contributed by atoms with E-state index in [1.165, 1.54) is 0 Å². The number of nitrogens with one attached hydrogen (secondary N) is 2. The molecule has 1 aromatic carbocycles. The number of fused-ring (bicyclic) bond motifs is 1. The fourth-order valence-corrected chi connectivity index (χ4v) is 4.76. The highest BCUT2D eigenvalue weighted by molar-refractivity contribution is 5.92. The van der Waals surface area contributed by atoms with Gasteiger partial charge in [-0.3, -0.25) is 14.5 Å². The lowest BCUT2D eigenvalue weighted by Gasteiger charge is -2.41. The number of carbonyl (C=O) groups excluding carboxylic acids is 3. The second kappa shape index (κ2) is 8.63. The van der Waals surface area contributed by atoms with E-state index in [4.69, 9.17) is 0 Å². The van der Waals surface area contributed by atoms with Crippen LogP contribution in [-0.4, -0.2) is 78.0 Å². The molecule has 4 amide bonds. The number of piperidine rings is 1. The maximum absolute atomic E-state index is 12.9. The summed E-state index contributed by atoms with van der Waals surface area (Å²) in [5.41, 5.74) is 3.36. The van der Waals surface area contributed by atoms with Gasteiger partial charge in [0.2, 0.25) is 11.8 Å². The minimum Gasteiger partial charge on any atom is -0.337 e. The van der Waals surface area contributed by atoms with Gasteiger partial charge in [-0.15, -0.1) is 0 Å². The molecule has 162 valence electrons. The molecule has 0 aromatic heterocycles. The van der Waals surface area contributed by atoms with E-state index >= 15 is 0 Å². The van der Waals surface area contributed by atoms with E-state index in [-0.39, 0.29) is 37.1 Å². The number of aryl methyl sites for hydroxylation is 2. The van der Waals surface area contributed by atoms with Crippen LogP contribution in [0.2, 0.25) is 0 Å². The molecule has 1 atom stereocenters. The summed E-state index contributed by atoms with van der Waals surface area (Å²) in [4.78, 5) is 43.0. The molecule has 0 bridgehead atoms. The lowest BCUT2D eigenvalue weighted by molar-refractivity contribution is -0.146. The second-order valence-electron chi connectivity index (χ2n) is 8.65. The molecule has 8 heteroatoms. The van der Waals surface area contributed by atoms with Crippen LogP contribution in [0.5, 0.6) is 0 Å². The van der Waals surface area contributed by atoms with Gasteiger partial charge in [-0.05, 0) is 62.4 Å². The molecule has 1 aromatic rings. The number of hydrogen-bond acceptors (Lipinski definition) is 4. The average Bonchev–Trinajstić information content (AvgIpc) is 3.04. The first-order valence-electron chi connectivity index (χ1n) is 10.8. The van der Waals surface area contributed by atoms with Crippen molar-refractivity contribution in [1.29, 1.82) is 0 Å². The third kappa shape index (κ3) is 4.14. The van der Waals surface area contributed by atoms with Gasteiger partial charge >= 0.3 is 6.03 Å². The smallest absolute Gasteiger partial charge is 0.319 e. The van der Waals surface area contributed by atoms with Crippen LogP contribution in [0.3, 0.4) is 0 Å². The highest BCUT2D eigenvalue weighted by Gasteiger charge is 2.46. The zero-order chi connectivity index (χ0) is 21.3. The van der Waals surface area contributed by atoms with Crippen LogP contribution in [0.1, 0.15) is 29.5 Å². The summed E-state index contributed by atoms with van der Waals surface area (Å²) in [6, 6.07) is 5.81. The standard InChI is InChI=1S/C22H31N5O3/c1-15-4-3-5-16(2)18(15)10-24-22(30)27-14-21(29)26-13-20(28)25(12-19(26)27)11-17-6-8-23-9-7-17/h3-5,17,19,23H,6-14H2,1-2H3,(H,24,30). The summed E-state index contributed by atoms with van der Waals surface area (Å²) >= 11 is 0. The Morgan fingerprint density at radius 2 is 1.80 bits per heavy atom. The fourth-order valence-electron chi connectivity index (χ4n) is 4.76. The van der Waals surface area contributed by atoms with Crippen LogP contribution < -0.4 is 10.6 Å². The molecular weight excluding hydrogens is 382 g/mol. The number of amides is 4. The van der Waals surface area contributed by atoms with E-state index in [1.807, 2.05) is 36.9 Å². The number of rotatable bonds is 4. The maximum atomic E-state index is 12.9. The van der Waals surface area contributed by atoms with Gasteiger partial charge in [0, 0.05) is 13.1 Å². The first kappa shape index (κ1) is 20.7. The van der Waals surface area contributed by atoms with Crippen molar-refractivity contribution in [3.8, 4) is 0 Å². The van der Waals surface area contributed by atoms with Gasteiger partial charge in [0.25, 0.3) is 0 Å². The Labute approximate surface area is 177 Å². The van der Waals surface area contributed by atoms with Crippen LogP contribution in [0.4, 0.5) is 4.79 Å². The van der Waals surface area contributed by atoms with Crippen LogP contribution in [0.25, 0.3) is 0 Å². The molecule has 3 saturated heterocycles. The Morgan fingerprint density at radius 3 is 2.50 bits per heavy atom. The summed E-state index contributed by atoms with van der Waals surface area (Å²) in [7, 11) is 0. The first-order chi connectivity index (χ1) is 14.4. The van der Waals surface area contributed by atoms with Crippen molar-refractivity contribution in [3.63, 3.8) is 0 Å². The van der Waals surface area contributed by atoms with Crippen molar-refractivity contribution in [2.45, 2.75) is 39.4 Å². The first-order valence-corrected chi connectivity index (χ1v) is 10.8. The van der Waals surface area contributed by atoms with Gasteiger partial charge in [0.15, 0.2) is 0 Å². The van der Waals surface area contributed by atoms with Crippen molar-refractivity contribution in [3.05, 3.63) is 34.9 Å². The van der Waals surface area contributed by atoms with Crippen LogP contribution in [0, 0.1) is 19.8 Å². The quantitative estimate of drug-likeness (QED) is 0.766. The molecule has 0 aliphatic carbocycles. The third-order valence-corrected chi connectivity index (χ3v) is 6.65. The molecule has 8 nitrogen and oxygen atoms in total. The maximum Gasteiger partial charge on any atom is 0.319 e. The summed E-state index contributed by atoms with van der Waals surface area (Å²) in [5, 5.41) is 6.33. The Hall–Kier alpha value is -2.61. The van der Waals surface area contributed by atoms with Crippen LogP contribution >= 0.6 is 0 Å². The average molecular weight is 414 g/mol. The molecule has 2 N–H and O–H groups in total. The third-order valence-electron chi connectivity index (χ3n) is 6.65. The molecule has 0 saturated carbocycles. The largest absolute Gasteiger partial charge is 0.337 e. The topological polar surface area (TPSA) is 85.0 Å². The highest BCUT2D eigenvalue weighted by Crippen LogP contribution is 2.24. The number of piperazine rings is 1. The van der Waals surface area contributed by atoms with Crippen molar-refractivity contribution in [2.24, 2.45) is 5.92 Å². The molecule has 30 heavy (non-hydrogen) atoms. The number of urea groups is 1. The molecule has 3 fully saturated rings. The molecule has 3 aliphatic heterocycles. The van der Waals surface area contributed by atoms with Crippen molar-refractivity contribution < 1.29 is 14.4 Å². The Kier molecular flexibility index (Phi) is 5.94. The van der Waals surface area contributed by atoms with E-state index in [1.54, 1.807) is 9.80 Å². The van der Waals surface area contributed by atoms with Gasteiger partial charge < -0.3 is 20.4 Å².